The van der Waals surface area contributed by atoms with Crippen LogP contribution in [0.3, 0.4) is 0 Å². The van der Waals surface area contributed by atoms with E-state index in [0.29, 0.717) is 23.1 Å². The number of ketones is 1. The number of carbonyl (C=O) groups is 1. The van der Waals surface area contributed by atoms with Crippen LogP contribution in [-0.2, 0) is 16.0 Å². The van der Waals surface area contributed by atoms with E-state index < -0.39 is 0 Å². The summed E-state index contributed by atoms with van der Waals surface area (Å²) in [6.45, 7) is 2.61. The van der Waals surface area contributed by atoms with Crippen molar-refractivity contribution in [1.29, 1.82) is 0 Å². The van der Waals surface area contributed by atoms with E-state index in [-0.39, 0.29) is 17.8 Å². The van der Waals surface area contributed by atoms with E-state index in [2.05, 4.69) is 0 Å². The van der Waals surface area contributed by atoms with Gasteiger partial charge in [0.15, 0.2) is 0 Å². The topological polar surface area (TPSA) is 26.3 Å². The molecule has 0 amide bonds. The van der Waals surface area contributed by atoms with Crippen LogP contribution in [0.5, 0.6) is 0 Å². The van der Waals surface area contributed by atoms with E-state index in [4.69, 9.17) is 27.9 Å². The molecule has 1 aromatic carbocycles. The molecule has 0 saturated carbocycles. The van der Waals surface area contributed by atoms with Gasteiger partial charge >= 0.3 is 0 Å². The average molecular weight is 273 g/mol. The predicted molar refractivity (Wildman–Crippen MR) is 68.7 cm³/mol. The van der Waals surface area contributed by atoms with Gasteiger partial charge in [0.05, 0.1) is 16.1 Å². The van der Waals surface area contributed by atoms with Crippen LogP contribution in [-0.4, -0.2) is 18.5 Å². The zero-order valence-corrected chi connectivity index (χ0v) is 11.1. The molecule has 1 heterocycles. The molecule has 0 N–H and O–H groups in total. The lowest BCUT2D eigenvalue weighted by Gasteiger charge is -2.13. The number of carbonyl (C=O) groups excluding carboxylic acids is 1. The Morgan fingerprint density at radius 3 is 2.88 bits per heavy atom. The molecule has 17 heavy (non-hydrogen) atoms. The summed E-state index contributed by atoms with van der Waals surface area (Å²) >= 11 is 12.0. The van der Waals surface area contributed by atoms with Gasteiger partial charge in [-0.15, -0.1) is 0 Å². The van der Waals surface area contributed by atoms with Crippen molar-refractivity contribution in [1.82, 2.24) is 0 Å². The molecule has 2 unspecified atom stereocenters. The van der Waals surface area contributed by atoms with Gasteiger partial charge in [-0.3, -0.25) is 4.79 Å². The van der Waals surface area contributed by atoms with Crippen LogP contribution < -0.4 is 0 Å². The first-order chi connectivity index (χ1) is 8.09. The highest BCUT2D eigenvalue weighted by Crippen LogP contribution is 2.28. The van der Waals surface area contributed by atoms with E-state index in [1.807, 2.05) is 19.1 Å². The van der Waals surface area contributed by atoms with Crippen LogP contribution in [0, 0.1) is 5.92 Å². The van der Waals surface area contributed by atoms with Crippen LogP contribution in [0.15, 0.2) is 18.2 Å². The molecule has 1 aliphatic rings. The summed E-state index contributed by atoms with van der Waals surface area (Å²) < 4.78 is 5.40. The number of ether oxygens (including phenoxy) is 1. The molecule has 0 spiro atoms. The molecule has 1 saturated heterocycles. The molecule has 0 radical (unpaired) electrons. The van der Waals surface area contributed by atoms with Gasteiger partial charge in [0, 0.05) is 18.9 Å². The first-order valence-corrected chi connectivity index (χ1v) is 6.42. The van der Waals surface area contributed by atoms with E-state index in [1.165, 1.54) is 0 Å². The van der Waals surface area contributed by atoms with Gasteiger partial charge < -0.3 is 4.74 Å². The van der Waals surface area contributed by atoms with Crippen LogP contribution >= 0.6 is 23.2 Å². The van der Waals surface area contributed by atoms with Crippen molar-refractivity contribution >= 4 is 29.0 Å². The lowest BCUT2D eigenvalue weighted by atomic mass is 9.93. The predicted octanol–water partition coefficient (Wildman–Crippen LogP) is 3.53. The Balaban J connectivity index is 2.10. The van der Waals surface area contributed by atoms with Gasteiger partial charge in [0.1, 0.15) is 5.78 Å². The smallest absolute Gasteiger partial charge is 0.143 e. The first-order valence-electron chi connectivity index (χ1n) is 5.67. The fourth-order valence-electron chi connectivity index (χ4n) is 2.16. The van der Waals surface area contributed by atoms with Crippen LogP contribution in [0.1, 0.15) is 18.9 Å². The number of hydrogen-bond acceptors (Lipinski definition) is 2. The maximum Gasteiger partial charge on any atom is 0.143 e. The molecular weight excluding hydrogens is 259 g/mol. The molecule has 2 atom stereocenters. The number of Topliss-reactive ketones (excluding diaryl/α,β-unsaturated/α-hetero) is 1. The number of benzene rings is 1. The Morgan fingerprint density at radius 2 is 2.24 bits per heavy atom. The molecule has 1 aliphatic heterocycles. The van der Waals surface area contributed by atoms with Gasteiger partial charge in [0.2, 0.25) is 0 Å². The molecule has 0 aliphatic carbocycles. The Bertz CT molecular complexity index is 431. The molecule has 1 aromatic rings. The van der Waals surface area contributed by atoms with Gasteiger partial charge in [-0.25, -0.2) is 0 Å². The fraction of sp³-hybridized carbons (Fsp3) is 0.462. The highest BCUT2D eigenvalue weighted by atomic mass is 35.5. The van der Waals surface area contributed by atoms with Crippen molar-refractivity contribution in [2.75, 3.05) is 6.61 Å². The van der Waals surface area contributed by atoms with Gasteiger partial charge in [0.25, 0.3) is 0 Å². The number of rotatable bonds is 3. The average Bonchev–Trinajstić information content (AvgIpc) is 2.71. The molecular formula is C13H14Cl2O2. The second kappa shape index (κ2) is 5.38. The second-order valence-corrected chi connectivity index (χ2v) is 5.11. The fourth-order valence-corrected chi connectivity index (χ4v) is 2.55. The quantitative estimate of drug-likeness (QED) is 0.842. The van der Waals surface area contributed by atoms with Gasteiger partial charge in [-0.1, -0.05) is 35.3 Å². The summed E-state index contributed by atoms with van der Waals surface area (Å²) in [5.41, 5.74) is 0.795. The third-order valence-corrected chi connectivity index (χ3v) is 4.04. The van der Waals surface area contributed by atoms with Crippen molar-refractivity contribution in [3.05, 3.63) is 33.8 Å². The standard InChI is InChI=1S/C13H14Cl2O2/c1-8-10(5-6-17-8)12(16)7-9-3-2-4-11(14)13(9)15/h2-4,8,10H,5-7H2,1H3. The normalized spacial score (nSPS) is 23.9. The molecule has 2 rings (SSSR count). The van der Waals surface area contributed by atoms with Crippen molar-refractivity contribution in [3.8, 4) is 0 Å². The van der Waals surface area contributed by atoms with Crippen LogP contribution in [0.4, 0.5) is 0 Å². The Hall–Kier alpha value is -0.570. The highest BCUT2D eigenvalue weighted by Gasteiger charge is 2.30. The summed E-state index contributed by atoms with van der Waals surface area (Å²) in [6, 6.07) is 5.37. The third kappa shape index (κ3) is 2.82. The lowest BCUT2D eigenvalue weighted by molar-refractivity contribution is -0.123. The molecule has 92 valence electrons. The SMILES string of the molecule is CC1OCCC1C(=O)Cc1cccc(Cl)c1Cl. The minimum Gasteiger partial charge on any atom is -0.378 e. The Kier molecular flexibility index (Phi) is 4.08. The zero-order chi connectivity index (χ0) is 12.4. The van der Waals surface area contributed by atoms with E-state index in [0.717, 1.165) is 12.0 Å². The largest absolute Gasteiger partial charge is 0.378 e. The molecule has 4 heteroatoms. The van der Waals surface area contributed by atoms with E-state index in [9.17, 15) is 4.79 Å². The summed E-state index contributed by atoms with van der Waals surface area (Å²) in [7, 11) is 0. The first kappa shape index (κ1) is 12.9. The molecule has 0 aromatic heterocycles. The van der Waals surface area contributed by atoms with Crippen molar-refractivity contribution in [2.45, 2.75) is 25.9 Å². The maximum absolute atomic E-state index is 12.1. The summed E-state index contributed by atoms with van der Waals surface area (Å²) in [6.07, 6.45) is 1.15. The second-order valence-electron chi connectivity index (χ2n) is 4.33. The minimum absolute atomic E-state index is 0.00921. The summed E-state index contributed by atoms with van der Waals surface area (Å²) in [4.78, 5) is 12.1. The van der Waals surface area contributed by atoms with Crippen molar-refractivity contribution < 1.29 is 9.53 Å². The van der Waals surface area contributed by atoms with Crippen molar-refractivity contribution in [3.63, 3.8) is 0 Å². The Labute approximate surface area is 111 Å². The van der Waals surface area contributed by atoms with Gasteiger partial charge in [-0.05, 0) is 25.0 Å². The monoisotopic (exact) mass is 272 g/mol. The number of halogens is 2. The van der Waals surface area contributed by atoms with E-state index in [1.54, 1.807) is 6.07 Å². The molecule has 0 bridgehead atoms. The highest BCUT2D eigenvalue weighted by molar-refractivity contribution is 6.42. The van der Waals surface area contributed by atoms with Crippen LogP contribution in [0.25, 0.3) is 0 Å². The molecule has 1 fully saturated rings. The van der Waals surface area contributed by atoms with Crippen molar-refractivity contribution in [2.24, 2.45) is 5.92 Å². The molecule has 2 nitrogen and oxygen atoms in total. The van der Waals surface area contributed by atoms with Crippen LogP contribution in [0.2, 0.25) is 10.0 Å². The zero-order valence-electron chi connectivity index (χ0n) is 9.58. The number of hydrogen-bond donors (Lipinski definition) is 0. The van der Waals surface area contributed by atoms with E-state index >= 15 is 0 Å². The third-order valence-electron chi connectivity index (χ3n) is 3.19. The lowest BCUT2D eigenvalue weighted by Crippen LogP contribution is -2.23. The van der Waals surface area contributed by atoms with Gasteiger partial charge in [-0.2, -0.15) is 0 Å². The summed E-state index contributed by atoms with van der Waals surface area (Å²) in [5, 5.41) is 0.974. The maximum atomic E-state index is 12.1. The Morgan fingerprint density at radius 1 is 1.47 bits per heavy atom. The minimum atomic E-state index is -0.00921. The summed E-state index contributed by atoms with van der Waals surface area (Å²) in [5.74, 6) is 0.171.